The van der Waals surface area contributed by atoms with E-state index in [1.807, 2.05) is 97.1 Å². The lowest BCUT2D eigenvalue weighted by atomic mass is 10.0. The Kier molecular flexibility index (Phi) is 11.2. The van der Waals surface area contributed by atoms with Crippen LogP contribution < -0.4 is 37.9 Å². The minimum atomic E-state index is 0.585. The average Bonchev–Trinajstić information content (AvgIpc) is 4.19. The van der Waals surface area contributed by atoms with Crippen LogP contribution in [0.2, 0.25) is 0 Å². The summed E-state index contributed by atoms with van der Waals surface area (Å²) < 4.78 is 45.9. The standard InChI is InChI=1S/C52H46N4O8/c1-57-41-21-9-29(25-45(41)61-5)49-33-13-15-35(53-33)50(30-10-22-42(58-2)46(26-30)62-6)37-17-19-39(55-37)52(32-12-24-44(60-4)48(28-32)64-8)40-20-18-38(56-40)51(36-16-14-34(49)54-36)31-11-23-43(59-3)47(27-31)63-7/h9-28,53,56H,1-8H3. The first-order valence-electron chi connectivity index (χ1n) is 20.4. The first kappa shape index (κ1) is 41.2. The molecular weight excluding hydrogens is 809 g/mol. The summed E-state index contributed by atoms with van der Waals surface area (Å²) in [6.45, 7) is 0. The molecule has 0 atom stereocenters. The van der Waals surface area contributed by atoms with Gasteiger partial charge in [0.05, 0.1) is 79.7 Å². The van der Waals surface area contributed by atoms with Crippen molar-refractivity contribution >= 4 is 46.4 Å². The largest absolute Gasteiger partial charge is 0.493 e. The van der Waals surface area contributed by atoms with Crippen molar-refractivity contribution in [1.82, 2.24) is 19.9 Å². The Morgan fingerprint density at radius 1 is 0.281 bits per heavy atom. The quantitative estimate of drug-likeness (QED) is 0.122. The Hall–Kier alpha value is -8.12. The van der Waals surface area contributed by atoms with E-state index in [1.54, 1.807) is 56.9 Å². The zero-order valence-corrected chi connectivity index (χ0v) is 36.7. The molecule has 2 aliphatic rings. The number of rotatable bonds is 12. The predicted octanol–water partition coefficient (Wildman–Crippen LogP) is 11.4. The van der Waals surface area contributed by atoms with E-state index in [0.717, 1.165) is 89.4 Å². The summed E-state index contributed by atoms with van der Waals surface area (Å²) in [6, 6.07) is 31.8. The molecule has 5 heterocycles. The SMILES string of the molecule is COc1ccc(-c2c3nc(c(-c4ccc(OC)c(OC)c4)c4ccc([nH]4)c(-c4ccc(OC)c(OC)c4)c4nc(c(-c5ccc(OC)c(OC)c5)c5ccc2[nH]5)C=C4)C=C3)cc1OC. The monoisotopic (exact) mass is 854 g/mol. The van der Waals surface area contributed by atoms with Crippen molar-refractivity contribution in [1.29, 1.82) is 0 Å². The zero-order valence-electron chi connectivity index (χ0n) is 36.7. The van der Waals surface area contributed by atoms with Crippen LogP contribution in [0.4, 0.5) is 0 Å². The summed E-state index contributed by atoms with van der Waals surface area (Å²) in [7, 11) is 13.0. The molecule has 0 saturated heterocycles. The van der Waals surface area contributed by atoms with E-state index in [0.29, 0.717) is 46.0 Å². The zero-order chi connectivity index (χ0) is 44.5. The van der Waals surface area contributed by atoms with Crippen molar-refractivity contribution in [3.63, 3.8) is 0 Å². The number of aromatic amines is 2. The number of hydrogen-bond donors (Lipinski definition) is 2. The van der Waals surface area contributed by atoms with Gasteiger partial charge in [0.1, 0.15) is 0 Å². The number of ether oxygens (including phenoxy) is 8. The van der Waals surface area contributed by atoms with Crippen molar-refractivity contribution in [3.8, 4) is 90.5 Å². The molecule has 8 bridgehead atoms. The first-order chi connectivity index (χ1) is 31.3. The van der Waals surface area contributed by atoms with Crippen LogP contribution in [0.15, 0.2) is 97.1 Å². The molecule has 4 aromatic carbocycles. The molecule has 0 unspecified atom stereocenters. The van der Waals surface area contributed by atoms with Crippen LogP contribution in [-0.4, -0.2) is 76.8 Å². The Bertz CT molecular complexity index is 2770. The molecule has 0 radical (unpaired) electrons. The molecule has 0 fully saturated rings. The van der Waals surface area contributed by atoms with Crippen LogP contribution in [0.25, 0.3) is 90.9 Å². The lowest BCUT2D eigenvalue weighted by Gasteiger charge is -2.12. The minimum absolute atomic E-state index is 0.585. The molecule has 2 aliphatic heterocycles. The van der Waals surface area contributed by atoms with Crippen LogP contribution >= 0.6 is 0 Å². The normalized spacial score (nSPS) is 11.6. The molecule has 322 valence electrons. The summed E-state index contributed by atoms with van der Waals surface area (Å²) in [5.74, 6) is 4.79. The van der Waals surface area contributed by atoms with Crippen molar-refractivity contribution < 1.29 is 37.9 Å². The molecule has 0 spiro atoms. The van der Waals surface area contributed by atoms with E-state index in [1.165, 1.54) is 0 Å². The fraction of sp³-hybridized carbons (Fsp3) is 0.154. The van der Waals surface area contributed by atoms with Gasteiger partial charge in [-0.25, -0.2) is 9.97 Å². The van der Waals surface area contributed by atoms with E-state index in [2.05, 4.69) is 34.2 Å². The van der Waals surface area contributed by atoms with E-state index in [9.17, 15) is 0 Å². The van der Waals surface area contributed by atoms with Crippen molar-refractivity contribution in [2.45, 2.75) is 0 Å². The minimum Gasteiger partial charge on any atom is -0.493 e. The summed E-state index contributed by atoms with van der Waals surface area (Å²) in [6.07, 6.45) is 8.15. The Morgan fingerprint density at radius 2 is 0.500 bits per heavy atom. The van der Waals surface area contributed by atoms with Crippen LogP contribution in [-0.2, 0) is 0 Å². The second-order valence-electron chi connectivity index (χ2n) is 14.8. The molecule has 7 aromatic rings. The van der Waals surface area contributed by atoms with Gasteiger partial charge in [-0.3, -0.25) is 0 Å². The summed E-state index contributed by atoms with van der Waals surface area (Å²) in [5, 5.41) is 0. The second-order valence-corrected chi connectivity index (χ2v) is 14.8. The van der Waals surface area contributed by atoms with Gasteiger partial charge in [-0.05, 0) is 119 Å². The highest BCUT2D eigenvalue weighted by Crippen LogP contribution is 2.43. The molecule has 0 saturated carbocycles. The fourth-order valence-electron chi connectivity index (χ4n) is 8.39. The third-order valence-corrected chi connectivity index (χ3v) is 11.4. The van der Waals surface area contributed by atoms with E-state index < -0.39 is 0 Å². The van der Waals surface area contributed by atoms with Crippen LogP contribution in [0.1, 0.15) is 22.8 Å². The van der Waals surface area contributed by atoms with E-state index in [-0.39, 0.29) is 0 Å². The number of hydrogen-bond acceptors (Lipinski definition) is 10. The highest BCUT2D eigenvalue weighted by Gasteiger charge is 2.22. The third-order valence-electron chi connectivity index (χ3n) is 11.4. The molecule has 64 heavy (non-hydrogen) atoms. The lowest BCUT2D eigenvalue weighted by Crippen LogP contribution is -1.94. The van der Waals surface area contributed by atoms with E-state index >= 15 is 0 Å². The second kappa shape index (κ2) is 17.3. The smallest absolute Gasteiger partial charge is 0.161 e. The van der Waals surface area contributed by atoms with Gasteiger partial charge in [-0.15, -0.1) is 0 Å². The topological polar surface area (TPSA) is 131 Å². The predicted molar refractivity (Wildman–Crippen MR) is 253 cm³/mol. The van der Waals surface area contributed by atoms with Gasteiger partial charge in [0.25, 0.3) is 0 Å². The summed E-state index contributed by atoms with van der Waals surface area (Å²) in [4.78, 5) is 18.4. The van der Waals surface area contributed by atoms with Crippen molar-refractivity contribution in [2.75, 3.05) is 56.9 Å². The number of nitrogens with zero attached hydrogens (tertiary/aromatic N) is 2. The molecule has 12 heteroatoms. The van der Waals surface area contributed by atoms with Gasteiger partial charge in [0.2, 0.25) is 0 Å². The summed E-state index contributed by atoms with van der Waals surface area (Å²) >= 11 is 0. The van der Waals surface area contributed by atoms with Crippen LogP contribution in [0.5, 0.6) is 46.0 Å². The van der Waals surface area contributed by atoms with Gasteiger partial charge in [0.15, 0.2) is 46.0 Å². The molecule has 3 aromatic heterocycles. The van der Waals surface area contributed by atoms with Gasteiger partial charge >= 0.3 is 0 Å². The van der Waals surface area contributed by atoms with Crippen molar-refractivity contribution in [3.05, 3.63) is 120 Å². The maximum atomic E-state index is 5.81. The molecule has 12 nitrogen and oxygen atoms in total. The maximum absolute atomic E-state index is 5.81. The number of nitrogens with one attached hydrogen (secondary N) is 2. The van der Waals surface area contributed by atoms with Crippen LogP contribution in [0, 0.1) is 0 Å². The van der Waals surface area contributed by atoms with Gasteiger partial charge in [0, 0.05) is 44.3 Å². The summed E-state index contributed by atoms with van der Waals surface area (Å²) in [5.41, 5.74) is 13.0. The Labute approximate surface area is 370 Å². The Balaban J connectivity index is 1.47. The van der Waals surface area contributed by atoms with Gasteiger partial charge in [-0.2, -0.15) is 0 Å². The molecule has 9 rings (SSSR count). The third kappa shape index (κ3) is 7.28. The number of H-pyrrole nitrogens is 2. The molecule has 2 N–H and O–H groups in total. The molecule has 0 aliphatic carbocycles. The van der Waals surface area contributed by atoms with Gasteiger partial charge in [-0.1, -0.05) is 24.3 Å². The fourth-order valence-corrected chi connectivity index (χ4v) is 8.39. The first-order valence-corrected chi connectivity index (χ1v) is 20.4. The maximum Gasteiger partial charge on any atom is 0.161 e. The number of fused-ring (bicyclic) bond motifs is 8. The number of methoxy groups -OCH3 is 8. The van der Waals surface area contributed by atoms with E-state index in [4.69, 9.17) is 47.9 Å². The van der Waals surface area contributed by atoms with Crippen LogP contribution in [0.3, 0.4) is 0 Å². The molecule has 0 amide bonds. The van der Waals surface area contributed by atoms with Gasteiger partial charge < -0.3 is 47.9 Å². The number of benzene rings is 4. The highest BCUT2D eigenvalue weighted by molar-refractivity contribution is 6.00. The Morgan fingerprint density at radius 3 is 0.703 bits per heavy atom. The van der Waals surface area contributed by atoms with Crippen molar-refractivity contribution in [2.24, 2.45) is 0 Å². The average molecular weight is 855 g/mol. The highest BCUT2D eigenvalue weighted by atomic mass is 16.5. The number of aromatic nitrogens is 4. The lowest BCUT2D eigenvalue weighted by molar-refractivity contribution is 0.355. The molecular formula is C52H46N4O8.